The molecule has 0 N–H and O–H groups in total. The van der Waals surface area contributed by atoms with E-state index in [1.165, 1.54) is 25.7 Å². The molecule has 1 saturated heterocycles. The van der Waals surface area contributed by atoms with Gasteiger partial charge in [-0.2, -0.15) is 0 Å². The van der Waals surface area contributed by atoms with Crippen LogP contribution in [0.1, 0.15) is 44.6 Å². The van der Waals surface area contributed by atoms with Crippen LogP contribution >= 0.6 is 0 Å². The van der Waals surface area contributed by atoms with Crippen molar-refractivity contribution in [2.24, 2.45) is 17.0 Å². The van der Waals surface area contributed by atoms with Gasteiger partial charge in [0.25, 0.3) is 5.91 Å². The van der Waals surface area contributed by atoms with Gasteiger partial charge in [-0.05, 0) is 49.8 Å². The van der Waals surface area contributed by atoms with Gasteiger partial charge in [0, 0.05) is 18.7 Å². The lowest BCUT2D eigenvalue weighted by Gasteiger charge is -2.41. The first-order valence-electron chi connectivity index (χ1n) is 9.55. The van der Waals surface area contributed by atoms with Crippen LogP contribution in [0.4, 0.5) is 0 Å². The van der Waals surface area contributed by atoms with E-state index in [2.05, 4.69) is 5.16 Å². The number of rotatable bonds is 4. The summed E-state index contributed by atoms with van der Waals surface area (Å²) in [6, 6.07) is 5.64. The topological polar surface area (TPSA) is 60.4 Å². The summed E-state index contributed by atoms with van der Waals surface area (Å²) in [6.45, 7) is 3.85. The lowest BCUT2D eigenvalue weighted by molar-refractivity contribution is -0.139. The Kier molecular flexibility index (Phi) is 5.00. The Bertz CT molecular complexity index is 703. The van der Waals surface area contributed by atoms with Crippen molar-refractivity contribution < 1.29 is 19.1 Å². The number of hydrogen-bond acceptors (Lipinski definition) is 5. The van der Waals surface area contributed by atoms with Crippen LogP contribution in [0.2, 0.25) is 0 Å². The van der Waals surface area contributed by atoms with Crippen molar-refractivity contribution in [2.75, 3.05) is 26.5 Å². The summed E-state index contributed by atoms with van der Waals surface area (Å²) in [5.74, 6) is 2.99. The van der Waals surface area contributed by atoms with Gasteiger partial charge in [0.1, 0.15) is 0 Å². The molecule has 2 fully saturated rings. The number of amides is 1. The molecule has 0 bridgehead atoms. The highest BCUT2D eigenvalue weighted by Gasteiger charge is 2.32. The van der Waals surface area contributed by atoms with E-state index in [0.717, 1.165) is 36.7 Å². The molecule has 0 aromatic heterocycles. The van der Waals surface area contributed by atoms with Gasteiger partial charge in [0.2, 0.25) is 6.79 Å². The van der Waals surface area contributed by atoms with E-state index in [0.29, 0.717) is 17.4 Å². The highest BCUT2D eigenvalue weighted by molar-refractivity contribution is 5.99. The number of hydrogen-bond donors (Lipinski definition) is 0. The number of piperidine rings is 1. The summed E-state index contributed by atoms with van der Waals surface area (Å²) in [4.78, 5) is 19.7. The highest BCUT2D eigenvalue weighted by Crippen LogP contribution is 2.36. The predicted octanol–water partition coefficient (Wildman–Crippen LogP) is 3.19. The van der Waals surface area contributed by atoms with Gasteiger partial charge in [-0.25, -0.2) is 0 Å². The van der Waals surface area contributed by atoms with Crippen molar-refractivity contribution in [1.29, 1.82) is 0 Å². The van der Waals surface area contributed by atoms with Gasteiger partial charge in [-0.3, -0.25) is 4.79 Å². The van der Waals surface area contributed by atoms with Crippen LogP contribution in [-0.2, 0) is 9.63 Å². The Hall–Kier alpha value is -2.24. The molecule has 1 aromatic carbocycles. The third kappa shape index (κ3) is 3.64. The minimum absolute atomic E-state index is 0.000716. The smallest absolute Gasteiger partial charge is 0.263 e. The number of ether oxygens (including phenoxy) is 2. The number of nitrogens with zero attached hydrogens (tertiary/aromatic N) is 2. The van der Waals surface area contributed by atoms with Gasteiger partial charge >= 0.3 is 0 Å². The fourth-order valence-electron chi connectivity index (χ4n) is 4.28. The second-order valence-corrected chi connectivity index (χ2v) is 7.45. The summed E-state index contributed by atoms with van der Waals surface area (Å²) in [6.07, 6.45) is 6.39. The fraction of sp³-hybridized carbons (Fsp3) is 0.600. The van der Waals surface area contributed by atoms with Crippen LogP contribution in [0, 0.1) is 11.8 Å². The quantitative estimate of drug-likeness (QED) is 0.613. The van der Waals surface area contributed by atoms with Crippen molar-refractivity contribution in [1.82, 2.24) is 4.90 Å². The second kappa shape index (κ2) is 7.56. The molecule has 4 rings (SSSR count). The molecule has 6 heteroatoms. The van der Waals surface area contributed by atoms with Crippen LogP contribution in [0.5, 0.6) is 11.5 Å². The molecule has 2 aliphatic heterocycles. The van der Waals surface area contributed by atoms with E-state index in [9.17, 15) is 4.79 Å². The summed E-state index contributed by atoms with van der Waals surface area (Å²) in [5, 5.41) is 4.11. The maximum atomic E-state index is 12.4. The second-order valence-electron chi connectivity index (χ2n) is 7.45. The number of benzene rings is 1. The zero-order valence-corrected chi connectivity index (χ0v) is 15.3. The van der Waals surface area contributed by atoms with Crippen LogP contribution in [0.3, 0.4) is 0 Å². The van der Waals surface area contributed by atoms with E-state index in [1.807, 2.05) is 30.0 Å². The zero-order chi connectivity index (χ0) is 17.9. The van der Waals surface area contributed by atoms with Crippen molar-refractivity contribution in [2.45, 2.75) is 39.0 Å². The van der Waals surface area contributed by atoms with E-state index in [4.69, 9.17) is 14.3 Å². The third-order valence-electron chi connectivity index (χ3n) is 5.82. The average Bonchev–Trinajstić information content (AvgIpc) is 3.15. The van der Waals surface area contributed by atoms with Crippen molar-refractivity contribution in [3.8, 4) is 11.5 Å². The first-order valence-corrected chi connectivity index (χ1v) is 9.55. The maximum absolute atomic E-state index is 12.4. The monoisotopic (exact) mass is 358 g/mol. The largest absolute Gasteiger partial charge is 0.454 e. The molecule has 3 aliphatic rings. The average molecular weight is 358 g/mol. The number of likely N-dealkylation sites (tertiary alicyclic amines) is 1. The Morgan fingerprint density at radius 1 is 1.19 bits per heavy atom. The standard InChI is InChI=1S/C20H26N2O4/c1-14(16-6-7-18-19(10-16)25-13-24-18)21-26-12-20(23)22-9-8-15-4-2-3-5-17(15)11-22/h6-7,10,15,17H,2-5,8-9,11-13H2,1H3/b21-14-/t15-,17-/m0/s1. The normalized spacial score (nSPS) is 25.0. The van der Waals surface area contributed by atoms with Gasteiger partial charge in [-0.15, -0.1) is 0 Å². The van der Waals surface area contributed by atoms with Crippen LogP contribution in [0.25, 0.3) is 0 Å². The van der Waals surface area contributed by atoms with Crippen LogP contribution in [0.15, 0.2) is 23.4 Å². The molecule has 0 unspecified atom stereocenters. The Morgan fingerprint density at radius 3 is 2.88 bits per heavy atom. The number of carbonyl (C=O) groups is 1. The van der Waals surface area contributed by atoms with Crippen molar-refractivity contribution >= 4 is 11.6 Å². The lowest BCUT2D eigenvalue weighted by Crippen LogP contribution is -2.45. The number of carbonyl (C=O) groups excluding carboxylic acids is 1. The molecule has 140 valence electrons. The molecular weight excluding hydrogens is 332 g/mol. The molecule has 2 heterocycles. The number of fused-ring (bicyclic) bond motifs is 2. The van der Waals surface area contributed by atoms with E-state index >= 15 is 0 Å². The highest BCUT2D eigenvalue weighted by atomic mass is 16.7. The van der Waals surface area contributed by atoms with Gasteiger partial charge < -0.3 is 19.2 Å². The molecule has 1 aliphatic carbocycles. The van der Waals surface area contributed by atoms with Crippen LogP contribution < -0.4 is 9.47 Å². The summed E-state index contributed by atoms with van der Waals surface area (Å²) >= 11 is 0. The molecule has 26 heavy (non-hydrogen) atoms. The van der Waals surface area contributed by atoms with E-state index in [-0.39, 0.29) is 19.3 Å². The summed E-state index contributed by atoms with van der Waals surface area (Å²) < 4.78 is 10.7. The van der Waals surface area contributed by atoms with Gasteiger partial charge in [0.05, 0.1) is 5.71 Å². The van der Waals surface area contributed by atoms with Crippen LogP contribution in [-0.4, -0.2) is 43.0 Å². The van der Waals surface area contributed by atoms with Gasteiger partial charge in [-0.1, -0.05) is 24.4 Å². The first kappa shape index (κ1) is 17.2. The molecule has 2 atom stereocenters. The molecule has 6 nitrogen and oxygen atoms in total. The summed E-state index contributed by atoms with van der Waals surface area (Å²) in [5.41, 5.74) is 1.60. The molecule has 1 saturated carbocycles. The fourth-order valence-corrected chi connectivity index (χ4v) is 4.28. The van der Waals surface area contributed by atoms with E-state index in [1.54, 1.807) is 0 Å². The third-order valence-corrected chi connectivity index (χ3v) is 5.82. The Morgan fingerprint density at radius 2 is 2.00 bits per heavy atom. The first-order chi connectivity index (χ1) is 12.7. The number of oxime groups is 1. The minimum atomic E-state index is -0.000716. The van der Waals surface area contributed by atoms with Crippen molar-refractivity contribution in [3.05, 3.63) is 23.8 Å². The molecule has 0 radical (unpaired) electrons. The molecular formula is C20H26N2O4. The molecule has 0 spiro atoms. The van der Waals surface area contributed by atoms with Crippen molar-refractivity contribution in [3.63, 3.8) is 0 Å². The lowest BCUT2D eigenvalue weighted by atomic mass is 9.75. The molecule has 1 aromatic rings. The maximum Gasteiger partial charge on any atom is 0.263 e. The predicted molar refractivity (Wildman–Crippen MR) is 97.4 cm³/mol. The Labute approximate surface area is 154 Å². The molecule has 1 amide bonds. The SMILES string of the molecule is C/C(=N/OCC(=O)N1CC[C@@H]2CCCC[C@H]2C1)c1ccc2c(c1)OCO2. The minimum Gasteiger partial charge on any atom is -0.454 e. The zero-order valence-electron chi connectivity index (χ0n) is 15.3. The van der Waals surface area contributed by atoms with Gasteiger partial charge in [0.15, 0.2) is 18.1 Å². The Balaban J connectivity index is 1.29. The van der Waals surface area contributed by atoms with E-state index < -0.39 is 0 Å². The summed E-state index contributed by atoms with van der Waals surface area (Å²) in [7, 11) is 0.